The highest BCUT2D eigenvalue weighted by atomic mass is 16.5. The zero-order chi connectivity index (χ0) is 31.8. The number of nitrogens with zero attached hydrogens (tertiary/aromatic N) is 8. The molecular formula is C34H37N9O3. The number of hydrogen-bond acceptors (Lipinski definition) is 10. The number of ether oxygens (including phenoxy) is 2. The fraction of sp³-hybridized carbons (Fsp3) is 0.324. The Hall–Kier alpha value is -5.23. The molecule has 2 saturated heterocycles. The van der Waals surface area contributed by atoms with E-state index in [-0.39, 0.29) is 11.9 Å². The number of hydrogen-bond donors (Lipinski definition) is 1. The zero-order valence-corrected chi connectivity index (χ0v) is 26.3. The summed E-state index contributed by atoms with van der Waals surface area (Å²) in [6.07, 6.45) is 8.71. The van der Waals surface area contributed by atoms with Crippen molar-refractivity contribution in [3.8, 4) is 17.2 Å². The van der Waals surface area contributed by atoms with Gasteiger partial charge in [-0.2, -0.15) is 0 Å². The van der Waals surface area contributed by atoms with Crippen molar-refractivity contribution in [2.45, 2.75) is 13.0 Å². The molecule has 1 N–H and O–H groups in total. The fourth-order valence-electron chi connectivity index (χ4n) is 6.16. The Morgan fingerprint density at radius 2 is 2.00 bits per heavy atom. The molecule has 1 atom stereocenters. The van der Waals surface area contributed by atoms with Gasteiger partial charge in [0, 0.05) is 75.9 Å². The quantitative estimate of drug-likeness (QED) is 0.309. The van der Waals surface area contributed by atoms with Crippen molar-refractivity contribution in [2.24, 2.45) is 18.0 Å². The predicted molar refractivity (Wildman–Crippen MR) is 176 cm³/mol. The van der Waals surface area contributed by atoms with Gasteiger partial charge >= 0.3 is 0 Å². The van der Waals surface area contributed by atoms with Crippen LogP contribution < -0.4 is 25.2 Å². The first-order valence-corrected chi connectivity index (χ1v) is 15.4. The number of pyridine rings is 2. The lowest BCUT2D eigenvalue weighted by Crippen LogP contribution is -2.56. The van der Waals surface area contributed by atoms with Crippen LogP contribution in [0.5, 0.6) is 17.2 Å². The summed E-state index contributed by atoms with van der Waals surface area (Å²) in [5, 5.41) is 3.43. The number of likely N-dealkylation sites (tertiary alicyclic amines) is 1. The number of carbonyl (C=O) groups excluding carboxylic acids is 1. The fourth-order valence-corrected chi connectivity index (χ4v) is 6.16. The number of aromatic nitrogens is 4. The number of benzene rings is 1. The van der Waals surface area contributed by atoms with Crippen molar-refractivity contribution in [1.82, 2.24) is 29.3 Å². The van der Waals surface area contributed by atoms with Crippen LogP contribution in [-0.4, -0.2) is 87.6 Å². The van der Waals surface area contributed by atoms with Crippen LogP contribution in [0, 0.1) is 12.8 Å². The standard InChI is InChI=1S/C34H37N9O3/c1-5-35-30-15-26(10-11-41(30)4)46-28-8-7-24(14-22(28)2)38-33-32-27(36-21-37-33)16-29-34(39-32)42-12-13-43(25(19-42)20-45-29)31(44)9-6-23-17-40(3)18-23/h5-11,14-16,21,23,25H,1,12-13,17-20H2,2-4H3,(H,36,37,38)/b9-6+,35-30-. The van der Waals surface area contributed by atoms with Crippen LogP contribution in [0.25, 0.3) is 11.0 Å². The molecule has 0 spiro atoms. The Bertz CT molecular complexity index is 1910. The lowest BCUT2D eigenvalue weighted by Gasteiger charge is -2.39. The molecule has 0 radical (unpaired) electrons. The molecule has 1 amide bonds. The molecule has 12 nitrogen and oxygen atoms in total. The molecule has 4 aromatic rings. The van der Waals surface area contributed by atoms with E-state index in [1.807, 2.05) is 72.1 Å². The Morgan fingerprint density at radius 1 is 1.13 bits per heavy atom. The second kappa shape index (κ2) is 12.3. The van der Waals surface area contributed by atoms with E-state index in [4.69, 9.17) is 14.5 Å². The second-order valence-corrected chi connectivity index (χ2v) is 12.0. The highest BCUT2D eigenvalue weighted by molar-refractivity contribution is 5.90. The van der Waals surface area contributed by atoms with Gasteiger partial charge in [-0.15, -0.1) is 0 Å². The molecule has 236 valence electrons. The average molecular weight is 620 g/mol. The molecule has 12 heteroatoms. The van der Waals surface area contributed by atoms with E-state index < -0.39 is 0 Å². The molecule has 0 aliphatic carbocycles. The van der Waals surface area contributed by atoms with Crippen molar-refractivity contribution in [3.63, 3.8) is 0 Å². The number of fused-ring (bicyclic) bond motifs is 5. The monoisotopic (exact) mass is 619 g/mol. The number of amides is 1. The first kappa shape index (κ1) is 29.5. The Morgan fingerprint density at radius 3 is 2.80 bits per heavy atom. The minimum Gasteiger partial charge on any atom is -0.487 e. The normalized spacial score (nSPS) is 18.6. The lowest BCUT2D eigenvalue weighted by molar-refractivity contribution is -0.129. The predicted octanol–water partition coefficient (Wildman–Crippen LogP) is 3.78. The summed E-state index contributed by atoms with van der Waals surface area (Å²) in [5.74, 6) is 3.91. The molecule has 3 aliphatic heterocycles. The van der Waals surface area contributed by atoms with Crippen LogP contribution in [0.3, 0.4) is 0 Å². The second-order valence-electron chi connectivity index (χ2n) is 12.0. The molecule has 6 heterocycles. The van der Waals surface area contributed by atoms with Gasteiger partial charge in [0.05, 0.1) is 11.6 Å². The molecule has 2 bridgehead atoms. The van der Waals surface area contributed by atoms with Crippen molar-refractivity contribution in [2.75, 3.05) is 56.6 Å². The number of piperazine rings is 1. The molecule has 1 unspecified atom stereocenters. The molecule has 3 aliphatic rings. The molecule has 2 fully saturated rings. The summed E-state index contributed by atoms with van der Waals surface area (Å²) in [4.78, 5) is 37.8. The van der Waals surface area contributed by atoms with Gasteiger partial charge in [0.1, 0.15) is 35.4 Å². The summed E-state index contributed by atoms with van der Waals surface area (Å²) < 4.78 is 14.3. The molecule has 3 aromatic heterocycles. The van der Waals surface area contributed by atoms with Crippen molar-refractivity contribution >= 4 is 34.3 Å². The van der Waals surface area contributed by atoms with E-state index >= 15 is 0 Å². The van der Waals surface area contributed by atoms with Gasteiger partial charge in [-0.1, -0.05) is 12.7 Å². The molecular weight excluding hydrogens is 582 g/mol. The minimum atomic E-state index is -0.0682. The summed E-state index contributed by atoms with van der Waals surface area (Å²) in [6, 6.07) is 11.5. The molecule has 46 heavy (non-hydrogen) atoms. The van der Waals surface area contributed by atoms with E-state index in [9.17, 15) is 4.79 Å². The number of carbonyl (C=O) groups is 1. The maximum atomic E-state index is 13.1. The Balaban J connectivity index is 1.09. The number of rotatable bonds is 7. The highest BCUT2D eigenvalue weighted by Gasteiger charge is 2.35. The van der Waals surface area contributed by atoms with Crippen molar-refractivity contribution in [3.05, 3.63) is 84.9 Å². The van der Waals surface area contributed by atoms with E-state index in [2.05, 4.69) is 43.7 Å². The molecule has 7 rings (SSSR count). The van der Waals surface area contributed by atoms with Crippen LogP contribution in [0.15, 0.2) is 78.8 Å². The van der Waals surface area contributed by atoms with Gasteiger partial charge in [0.15, 0.2) is 17.4 Å². The van der Waals surface area contributed by atoms with Crippen LogP contribution in [0.4, 0.5) is 17.3 Å². The highest BCUT2D eigenvalue weighted by Crippen LogP contribution is 2.36. The maximum absolute atomic E-state index is 13.1. The maximum Gasteiger partial charge on any atom is 0.246 e. The van der Waals surface area contributed by atoms with Crippen LogP contribution in [-0.2, 0) is 11.8 Å². The third-order valence-electron chi connectivity index (χ3n) is 8.64. The summed E-state index contributed by atoms with van der Waals surface area (Å²) in [6.45, 7) is 10.0. The number of aryl methyl sites for hydroxylation is 2. The summed E-state index contributed by atoms with van der Waals surface area (Å²) in [5.41, 5.74) is 3.84. The first-order valence-electron chi connectivity index (χ1n) is 15.4. The van der Waals surface area contributed by atoms with E-state index in [0.717, 1.165) is 41.4 Å². The van der Waals surface area contributed by atoms with Crippen molar-refractivity contribution < 1.29 is 14.3 Å². The summed E-state index contributed by atoms with van der Waals surface area (Å²) >= 11 is 0. The number of anilines is 3. The van der Waals surface area contributed by atoms with Gasteiger partial charge in [0.25, 0.3) is 0 Å². The van der Waals surface area contributed by atoms with Crippen LogP contribution >= 0.6 is 0 Å². The third kappa shape index (κ3) is 5.91. The van der Waals surface area contributed by atoms with E-state index in [0.29, 0.717) is 60.5 Å². The van der Waals surface area contributed by atoms with Crippen LogP contribution in [0.1, 0.15) is 5.56 Å². The smallest absolute Gasteiger partial charge is 0.246 e. The third-order valence-corrected chi connectivity index (χ3v) is 8.64. The molecule has 0 saturated carbocycles. The van der Waals surface area contributed by atoms with Gasteiger partial charge < -0.3 is 34.1 Å². The van der Waals surface area contributed by atoms with Gasteiger partial charge in [-0.3, -0.25) is 4.79 Å². The van der Waals surface area contributed by atoms with Crippen molar-refractivity contribution in [1.29, 1.82) is 0 Å². The van der Waals surface area contributed by atoms with Gasteiger partial charge in [0.2, 0.25) is 5.91 Å². The van der Waals surface area contributed by atoms with Gasteiger partial charge in [-0.25, -0.2) is 19.9 Å². The van der Waals surface area contributed by atoms with Gasteiger partial charge in [-0.05, 0) is 49.9 Å². The zero-order valence-electron chi connectivity index (χ0n) is 26.3. The minimum absolute atomic E-state index is 0.0433. The lowest BCUT2D eigenvalue weighted by atomic mass is 10.0. The van der Waals surface area contributed by atoms with E-state index in [1.165, 1.54) is 12.5 Å². The average Bonchev–Trinajstić information content (AvgIpc) is 3.16. The Labute approximate surface area is 267 Å². The topological polar surface area (TPSA) is 113 Å². The molecule has 1 aromatic carbocycles. The SMILES string of the molecule is C=C/N=c1/cc(Oc2ccc(Nc3ncnc4cc5c(nc34)N3CCN(C(=O)/C=C/C4CN(C)C4)C(CO5)C3)cc2C)ccn1C. The van der Waals surface area contributed by atoms with E-state index in [1.54, 1.807) is 6.08 Å². The van der Waals surface area contributed by atoms with Crippen LogP contribution in [0.2, 0.25) is 0 Å². The Kier molecular flexibility index (Phi) is 7.87. The largest absolute Gasteiger partial charge is 0.487 e. The number of nitrogens with one attached hydrogen (secondary N) is 1. The summed E-state index contributed by atoms with van der Waals surface area (Å²) in [7, 11) is 4.01. The first-order chi connectivity index (χ1) is 22.3.